The lowest BCUT2D eigenvalue weighted by Crippen LogP contribution is -2.53. The van der Waals surface area contributed by atoms with Gasteiger partial charge in [0.05, 0.1) is 38.9 Å². The van der Waals surface area contributed by atoms with E-state index >= 15 is 0 Å². The van der Waals surface area contributed by atoms with Gasteiger partial charge in [-0.15, -0.1) is 0 Å². The standard InChI is InChI=1S/C26H39N3O5/c1-3-4-10-29-24(30)16-22(25(29)19-5-7-21(32-2)8-6-19)26(31)27-17-23(20-9-13-34-18-20)28-11-14-33-15-12-28/h5-8,20,22-23,25H,3-4,9-18H2,1-2H3,(H,27,31). The molecule has 0 bridgehead atoms. The van der Waals surface area contributed by atoms with Crippen molar-refractivity contribution in [1.29, 1.82) is 0 Å². The van der Waals surface area contributed by atoms with Crippen LogP contribution >= 0.6 is 0 Å². The van der Waals surface area contributed by atoms with Gasteiger partial charge in [0.2, 0.25) is 11.8 Å². The number of morpholine rings is 1. The number of hydrogen-bond donors (Lipinski definition) is 1. The van der Waals surface area contributed by atoms with Crippen LogP contribution in [0.2, 0.25) is 0 Å². The molecular weight excluding hydrogens is 434 g/mol. The molecule has 0 aromatic heterocycles. The van der Waals surface area contributed by atoms with Gasteiger partial charge in [-0.05, 0) is 30.5 Å². The van der Waals surface area contributed by atoms with Crippen LogP contribution in [0.3, 0.4) is 0 Å². The Hall–Kier alpha value is -2.16. The van der Waals surface area contributed by atoms with Crippen LogP contribution in [0.4, 0.5) is 0 Å². The third-order valence-electron chi connectivity index (χ3n) is 7.49. The fourth-order valence-electron chi connectivity index (χ4n) is 5.53. The minimum absolute atomic E-state index is 0.0367. The molecule has 0 spiro atoms. The highest BCUT2D eigenvalue weighted by atomic mass is 16.5. The summed E-state index contributed by atoms with van der Waals surface area (Å²) in [4.78, 5) is 30.8. The average Bonchev–Trinajstić information content (AvgIpc) is 3.52. The number of unbranched alkanes of at least 4 members (excludes halogenated alkanes) is 1. The average molecular weight is 474 g/mol. The van der Waals surface area contributed by atoms with E-state index in [2.05, 4.69) is 17.1 Å². The van der Waals surface area contributed by atoms with Crippen molar-refractivity contribution in [3.63, 3.8) is 0 Å². The van der Waals surface area contributed by atoms with Crippen molar-refractivity contribution in [3.8, 4) is 5.75 Å². The lowest BCUT2D eigenvalue weighted by Gasteiger charge is -2.37. The molecule has 3 aliphatic heterocycles. The Morgan fingerprint density at radius 2 is 1.94 bits per heavy atom. The van der Waals surface area contributed by atoms with E-state index in [0.717, 1.165) is 70.1 Å². The third kappa shape index (κ3) is 5.73. The predicted molar refractivity (Wildman–Crippen MR) is 129 cm³/mol. The van der Waals surface area contributed by atoms with Crippen LogP contribution in [0.15, 0.2) is 24.3 Å². The smallest absolute Gasteiger partial charge is 0.226 e. The second-order valence-electron chi connectivity index (χ2n) is 9.55. The molecule has 2 amide bonds. The summed E-state index contributed by atoms with van der Waals surface area (Å²) in [6, 6.07) is 7.74. The molecule has 1 N–H and O–H groups in total. The van der Waals surface area contributed by atoms with E-state index in [4.69, 9.17) is 14.2 Å². The number of methoxy groups -OCH3 is 1. The number of likely N-dealkylation sites (tertiary alicyclic amines) is 1. The summed E-state index contributed by atoms with van der Waals surface area (Å²) in [6.07, 6.45) is 3.19. The minimum Gasteiger partial charge on any atom is -0.497 e. The first-order valence-electron chi connectivity index (χ1n) is 12.7. The summed E-state index contributed by atoms with van der Waals surface area (Å²) in [6.45, 7) is 8.07. The van der Waals surface area contributed by atoms with E-state index in [1.165, 1.54) is 0 Å². The SMILES string of the molecule is CCCCN1C(=O)CC(C(=O)NCC(C2CCOC2)N2CCOCC2)C1c1ccc(OC)cc1. The van der Waals surface area contributed by atoms with Crippen LogP contribution in [0.5, 0.6) is 5.75 Å². The normalized spacial score (nSPS) is 26.6. The fourth-order valence-corrected chi connectivity index (χ4v) is 5.53. The molecule has 3 fully saturated rings. The van der Waals surface area contributed by atoms with Gasteiger partial charge in [-0.25, -0.2) is 0 Å². The maximum atomic E-state index is 13.5. The van der Waals surface area contributed by atoms with Crippen molar-refractivity contribution in [2.75, 3.05) is 59.7 Å². The van der Waals surface area contributed by atoms with E-state index in [1.807, 2.05) is 29.2 Å². The van der Waals surface area contributed by atoms with E-state index in [9.17, 15) is 9.59 Å². The Morgan fingerprint density at radius 1 is 1.18 bits per heavy atom. The van der Waals surface area contributed by atoms with E-state index < -0.39 is 5.92 Å². The van der Waals surface area contributed by atoms with Gasteiger partial charge in [0.25, 0.3) is 0 Å². The highest BCUT2D eigenvalue weighted by Crippen LogP contribution is 2.39. The number of ether oxygens (including phenoxy) is 3. The Morgan fingerprint density at radius 3 is 2.59 bits per heavy atom. The van der Waals surface area contributed by atoms with Crippen molar-refractivity contribution >= 4 is 11.8 Å². The second kappa shape index (κ2) is 12.0. The third-order valence-corrected chi connectivity index (χ3v) is 7.49. The van der Waals surface area contributed by atoms with Gasteiger partial charge in [-0.2, -0.15) is 0 Å². The zero-order valence-corrected chi connectivity index (χ0v) is 20.5. The number of carbonyl (C=O) groups is 2. The van der Waals surface area contributed by atoms with Crippen molar-refractivity contribution in [2.45, 2.75) is 44.7 Å². The molecule has 3 saturated heterocycles. The molecule has 1 aromatic carbocycles. The molecule has 4 atom stereocenters. The summed E-state index contributed by atoms with van der Waals surface area (Å²) < 4.78 is 16.5. The second-order valence-corrected chi connectivity index (χ2v) is 9.55. The van der Waals surface area contributed by atoms with Crippen LogP contribution in [0, 0.1) is 11.8 Å². The highest BCUT2D eigenvalue weighted by molar-refractivity contribution is 5.90. The molecular formula is C26H39N3O5. The molecule has 34 heavy (non-hydrogen) atoms. The van der Waals surface area contributed by atoms with Crippen molar-refractivity contribution < 1.29 is 23.8 Å². The molecule has 4 rings (SSSR count). The van der Waals surface area contributed by atoms with E-state index in [-0.39, 0.29) is 30.3 Å². The van der Waals surface area contributed by atoms with Gasteiger partial charge in [0.1, 0.15) is 5.75 Å². The largest absolute Gasteiger partial charge is 0.497 e. The first-order chi connectivity index (χ1) is 16.6. The molecule has 0 aliphatic carbocycles. The van der Waals surface area contributed by atoms with Crippen molar-refractivity contribution in [3.05, 3.63) is 29.8 Å². The summed E-state index contributed by atoms with van der Waals surface area (Å²) in [5.74, 6) is 0.792. The summed E-state index contributed by atoms with van der Waals surface area (Å²) in [5.41, 5.74) is 0.983. The van der Waals surface area contributed by atoms with Crippen LogP contribution in [-0.4, -0.2) is 87.4 Å². The molecule has 8 nitrogen and oxygen atoms in total. The molecule has 188 valence electrons. The summed E-state index contributed by atoms with van der Waals surface area (Å²) in [7, 11) is 1.64. The first kappa shape index (κ1) is 24.9. The van der Waals surface area contributed by atoms with Crippen LogP contribution in [0.25, 0.3) is 0 Å². The highest BCUT2D eigenvalue weighted by Gasteiger charge is 2.44. The first-order valence-corrected chi connectivity index (χ1v) is 12.7. The quantitative estimate of drug-likeness (QED) is 0.562. The Bertz CT molecular complexity index is 805. The minimum atomic E-state index is -0.400. The van der Waals surface area contributed by atoms with Crippen LogP contribution in [-0.2, 0) is 19.1 Å². The number of nitrogens with zero attached hydrogens (tertiary/aromatic N) is 2. The van der Waals surface area contributed by atoms with E-state index in [1.54, 1.807) is 7.11 Å². The number of carbonyl (C=O) groups excluding carboxylic acids is 2. The summed E-state index contributed by atoms with van der Waals surface area (Å²) >= 11 is 0. The van der Waals surface area contributed by atoms with Gasteiger partial charge in [-0.3, -0.25) is 14.5 Å². The maximum absolute atomic E-state index is 13.5. The number of amides is 2. The van der Waals surface area contributed by atoms with Crippen LogP contribution in [0.1, 0.15) is 44.2 Å². The molecule has 1 aromatic rings. The zero-order chi connectivity index (χ0) is 23.9. The Kier molecular flexibility index (Phi) is 8.80. The lowest BCUT2D eigenvalue weighted by atomic mass is 9.92. The van der Waals surface area contributed by atoms with Crippen molar-refractivity contribution in [2.24, 2.45) is 11.8 Å². The van der Waals surface area contributed by atoms with Crippen LogP contribution < -0.4 is 10.1 Å². The number of hydrogen-bond acceptors (Lipinski definition) is 6. The zero-order valence-electron chi connectivity index (χ0n) is 20.5. The fraction of sp³-hybridized carbons (Fsp3) is 0.692. The molecule has 0 saturated carbocycles. The summed E-state index contributed by atoms with van der Waals surface area (Å²) in [5, 5.41) is 3.24. The van der Waals surface area contributed by atoms with Gasteiger partial charge in [-0.1, -0.05) is 25.5 Å². The molecule has 0 radical (unpaired) electrons. The molecule has 3 heterocycles. The topological polar surface area (TPSA) is 80.3 Å². The lowest BCUT2D eigenvalue weighted by molar-refractivity contribution is -0.129. The molecule has 8 heteroatoms. The number of rotatable bonds is 10. The van der Waals surface area contributed by atoms with Crippen molar-refractivity contribution in [1.82, 2.24) is 15.1 Å². The Labute approximate surface area is 202 Å². The molecule has 3 aliphatic rings. The Balaban J connectivity index is 1.48. The van der Waals surface area contributed by atoms with Gasteiger partial charge in [0.15, 0.2) is 0 Å². The van der Waals surface area contributed by atoms with Gasteiger partial charge in [0, 0.05) is 51.2 Å². The van der Waals surface area contributed by atoms with E-state index in [0.29, 0.717) is 19.0 Å². The van der Waals surface area contributed by atoms with Gasteiger partial charge < -0.3 is 24.4 Å². The monoisotopic (exact) mass is 473 g/mol. The number of nitrogens with one attached hydrogen (secondary N) is 1. The molecule has 4 unspecified atom stereocenters. The maximum Gasteiger partial charge on any atom is 0.226 e. The number of benzene rings is 1. The van der Waals surface area contributed by atoms with Gasteiger partial charge >= 0.3 is 0 Å². The predicted octanol–water partition coefficient (Wildman–Crippen LogP) is 2.24.